The zero-order chi connectivity index (χ0) is 57.7. The second-order valence-corrected chi connectivity index (χ2v) is 19.9. The minimum atomic E-state index is -1.88. The molecule has 76 heavy (non-hydrogen) atoms. The largest absolute Gasteiger partial charge is 0.478 e. The molecule has 0 aliphatic carbocycles. The Morgan fingerprint density at radius 2 is 0.645 bits per heavy atom. The Labute approximate surface area is 436 Å². The Hall–Kier alpha value is -8.18. The molecule has 0 atom stereocenters. The van der Waals surface area contributed by atoms with Crippen LogP contribution in [0.15, 0.2) is 72.8 Å². The van der Waals surface area contributed by atoms with Crippen molar-refractivity contribution in [3.05, 3.63) is 140 Å². The van der Waals surface area contributed by atoms with Crippen LogP contribution in [0.2, 0.25) is 0 Å². The van der Waals surface area contributed by atoms with Crippen LogP contribution < -0.4 is 0 Å². The lowest BCUT2D eigenvalue weighted by Crippen LogP contribution is -2.30. The first-order valence-electron chi connectivity index (χ1n) is 23.3. The van der Waals surface area contributed by atoms with Crippen LogP contribution in [0.4, 0.5) is 0 Å². The number of carboxylic acids is 4. The van der Waals surface area contributed by atoms with Crippen molar-refractivity contribution in [3.63, 3.8) is 0 Å². The summed E-state index contributed by atoms with van der Waals surface area (Å²) in [6.45, 7) is 19.4. The molecule has 408 valence electrons. The van der Waals surface area contributed by atoms with Crippen LogP contribution in [-0.4, -0.2) is 102 Å². The normalized spacial score (nSPS) is 11.5. The van der Waals surface area contributed by atoms with Crippen molar-refractivity contribution >= 4 is 59.3 Å². The summed E-state index contributed by atoms with van der Waals surface area (Å²) < 4.78 is 0. The highest BCUT2D eigenvalue weighted by atomic mass is 17.2. The highest BCUT2D eigenvalue weighted by Gasteiger charge is 2.40. The van der Waals surface area contributed by atoms with E-state index >= 15 is 0 Å². The molecule has 4 N–H and O–H groups in total. The number of aromatic carboxylic acids is 4. The predicted molar refractivity (Wildman–Crippen MR) is 264 cm³/mol. The standard InChI is InChI=1S/C29H34O11.C25H26O11/c1-7-14-28(3,4)39-37-26(35)21-18(23(30)17-12-10-9-11-13-17)16-19(24(31)32)20(25(33)34)22(21)27(36)38-40-29(5,6)15-8-2;1-24(2,3)35-33-22(31)17-14(19(26)13-10-8-7-9-11-13)12-15(20(27)28)16(21(29)30)18(17)23(32)34-36-25(4,5)6/h9-13,16H,7-8,14-15H2,1-6H3,(H,31,32)(H,33,34);7-12H,1-6H3,(H,27,28)(H,29,30). The van der Waals surface area contributed by atoms with Crippen molar-refractivity contribution < 1.29 is 107 Å². The maximum atomic E-state index is 13.5. The van der Waals surface area contributed by atoms with Crippen LogP contribution in [0, 0.1) is 0 Å². The molecule has 4 aromatic rings. The molecule has 0 heterocycles. The van der Waals surface area contributed by atoms with Crippen molar-refractivity contribution in [2.45, 2.75) is 131 Å². The van der Waals surface area contributed by atoms with Crippen LogP contribution in [0.5, 0.6) is 0 Å². The first kappa shape index (κ1) is 62.1. The van der Waals surface area contributed by atoms with Crippen molar-refractivity contribution in [3.8, 4) is 0 Å². The molecule has 22 heteroatoms. The Morgan fingerprint density at radius 1 is 0.368 bits per heavy atom. The van der Waals surface area contributed by atoms with Gasteiger partial charge >= 0.3 is 47.8 Å². The number of hydrogen-bond acceptors (Lipinski definition) is 18. The minimum Gasteiger partial charge on any atom is -0.478 e. The highest BCUT2D eigenvalue weighted by molar-refractivity contribution is 6.23. The van der Waals surface area contributed by atoms with Crippen LogP contribution in [0.25, 0.3) is 0 Å². The van der Waals surface area contributed by atoms with E-state index < -0.39 is 137 Å². The van der Waals surface area contributed by atoms with Gasteiger partial charge < -0.3 is 20.4 Å². The molecule has 0 aliphatic heterocycles. The molecule has 4 rings (SSSR count). The second kappa shape index (κ2) is 25.9. The van der Waals surface area contributed by atoms with Gasteiger partial charge in [0.05, 0.1) is 44.5 Å². The van der Waals surface area contributed by atoms with Crippen LogP contribution in [0.1, 0.15) is 223 Å². The lowest BCUT2D eigenvalue weighted by Gasteiger charge is -2.24. The molecule has 22 nitrogen and oxygen atoms in total. The van der Waals surface area contributed by atoms with Gasteiger partial charge in [-0.3, -0.25) is 29.1 Å². The van der Waals surface area contributed by atoms with Gasteiger partial charge in [-0.1, -0.05) is 87.4 Å². The number of carbonyl (C=O) groups is 10. The van der Waals surface area contributed by atoms with Crippen LogP contribution in [0.3, 0.4) is 0 Å². The zero-order valence-corrected chi connectivity index (χ0v) is 43.9. The van der Waals surface area contributed by atoms with Crippen molar-refractivity contribution in [2.75, 3.05) is 0 Å². The van der Waals surface area contributed by atoms with Gasteiger partial charge in [-0.2, -0.15) is 19.6 Å². The summed E-state index contributed by atoms with van der Waals surface area (Å²) in [6.07, 6.45) is 2.22. The third-order valence-electron chi connectivity index (χ3n) is 10.0. The van der Waals surface area contributed by atoms with E-state index in [0.717, 1.165) is 0 Å². The predicted octanol–water partition coefficient (Wildman–Crippen LogP) is 9.74. The lowest BCUT2D eigenvalue weighted by atomic mass is 9.88. The van der Waals surface area contributed by atoms with E-state index in [1.165, 1.54) is 69.3 Å². The topological polar surface area (TPSA) is 325 Å². The van der Waals surface area contributed by atoms with Gasteiger partial charge in [-0.25, -0.2) is 38.4 Å². The molecular formula is C54H60O22. The van der Waals surface area contributed by atoms with Crippen molar-refractivity contribution in [1.82, 2.24) is 0 Å². The number of carbonyl (C=O) groups excluding carboxylic acids is 6. The van der Waals surface area contributed by atoms with E-state index in [4.69, 9.17) is 39.1 Å². The fourth-order valence-corrected chi connectivity index (χ4v) is 6.91. The molecule has 4 aromatic carbocycles. The third kappa shape index (κ3) is 16.9. The number of carboxylic acid groups (broad SMARTS) is 4. The Balaban J connectivity index is 0.000000402. The van der Waals surface area contributed by atoms with Gasteiger partial charge in [0, 0.05) is 22.3 Å². The third-order valence-corrected chi connectivity index (χ3v) is 10.0. The second-order valence-electron chi connectivity index (χ2n) is 19.9. The fraction of sp³-hybridized carbons (Fsp3) is 0.370. The molecule has 0 fully saturated rings. The maximum Gasteiger partial charge on any atom is 0.374 e. The summed E-state index contributed by atoms with van der Waals surface area (Å²) in [5.41, 5.74) is -13.0. The number of benzene rings is 4. The first-order chi connectivity index (χ1) is 35.2. The fourth-order valence-electron chi connectivity index (χ4n) is 6.91. The molecule has 0 aromatic heterocycles. The smallest absolute Gasteiger partial charge is 0.374 e. The van der Waals surface area contributed by atoms with E-state index in [1.54, 1.807) is 60.6 Å². The molecular weight excluding hydrogens is 1000 g/mol. The first-order valence-corrected chi connectivity index (χ1v) is 23.3. The summed E-state index contributed by atoms with van der Waals surface area (Å²) in [4.78, 5) is 168. The van der Waals surface area contributed by atoms with E-state index in [9.17, 15) is 68.4 Å². The molecule has 0 aliphatic rings. The van der Waals surface area contributed by atoms with Crippen molar-refractivity contribution in [1.29, 1.82) is 0 Å². The van der Waals surface area contributed by atoms with E-state index in [0.29, 0.717) is 37.8 Å². The average molecular weight is 1060 g/mol. The molecule has 0 spiro atoms. The molecule has 0 saturated carbocycles. The quantitative estimate of drug-likeness (QED) is 0.0323. The summed E-state index contributed by atoms with van der Waals surface area (Å²) in [5, 5.41) is 39.3. The number of ketones is 2. The van der Waals surface area contributed by atoms with Gasteiger partial charge in [-0.05, 0) is 94.2 Å². The molecule has 0 saturated heterocycles. The van der Waals surface area contributed by atoms with Crippen LogP contribution >= 0.6 is 0 Å². The van der Waals surface area contributed by atoms with Crippen molar-refractivity contribution in [2.24, 2.45) is 0 Å². The van der Waals surface area contributed by atoms with E-state index in [2.05, 4.69) is 0 Å². The Kier molecular flexibility index (Phi) is 21.1. The average Bonchev–Trinajstić information content (AvgIpc) is 3.34. The molecule has 0 bridgehead atoms. The van der Waals surface area contributed by atoms with Gasteiger partial charge in [0.1, 0.15) is 22.4 Å². The summed E-state index contributed by atoms with van der Waals surface area (Å²) in [5.74, 6) is -14.9. The number of hydrogen-bond donors (Lipinski definition) is 4. The summed E-state index contributed by atoms with van der Waals surface area (Å²) >= 11 is 0. The molecule has 0 unspecified atom stereocenters. The SMILES string of the molecule is CC(C)(C)OOC(=O)c1c(C(=O)c2ccccc2)cc(C(=O)O)c(C(=O)O)c1C(=O)OOC(C)(C)C.CCCC(C)(C)OOC(=O)c1c(C(=O)c2ccccc2)cc(C(=O)O)c(C(=O)O)c1C(=O)OOC(C)(C)CCC. The van der Waals surface area contributed by atoms with Gasteiger partial charge in [-0.15, -0.1) is 0 Å². The van der Waals surface area contributed by atoms with E-state index in [1.807, 2.05) is 13.8 Å². The van der Waals surface area contributed by atoms with Gasteiger partial charge in [0.2, 0.25) is 0 Å². The van der Waals surface area contributed by atoms with Gasteiger partial charge in [0.15, 0.2) is 11.6 Å². The highest BCUT2D eigenvalue weighted by Crippen LogP contribution is 2.32. The lowest BCUT2D eigenvalue weighted by molar-refractivity contribution is -0.309. The summed E-state index contributed by atoms with van der Waals surface area (Å²) in [7, 11) is 0. The molecule has 0 radical (unpaired) electrons. The Morgan fingerprint density at radius 3 is 0.895 bits per heavy atom. The Bertz CT molecular complexity index is 2870. The number of rotatable bonds is 22. The van der Waals surface area contributed by atoms with Crippen LogP contribution in [-0.2, 0) is 39.1 Å². The summed E-state index contributed by atoms with van der Waals surface area (Å²) in [6, 6.07) is 16.3. The van der Waals surface area contributed by atoms with E-state index in [-0.39, 0.29) is 11.1 Å². The van der Waals surface area contributed by atoms with Gasteiger partial charge in [0.25, 0.3) is 0 Å². The monoisotopic (exact) mass is 1060 g/mol. The molecule has 0 amide bonds. The maximum absolute atomic E-state index is 13.5. The zero-order valence-electron chi connectivity index (χ0n) is 43.9. The minimum absolute atomic E-state index is 0.0213.